The summed E-state index contributed by atoms with van der Waals surface area (Å²) in [4.78, 5) is 23.7. The lowest BCUT2D eigenvalue weighted by atomic mass is 9.99. The molecule has 0 saturated heterocycles. The van der Waals surface area contributed by atoms with Gasteiger partial charge in [-0.1, -0.05) is 0 Å². The lowest BCUT2D eigenvalue weighted by molar-refractivity contribution is 0.0555. The summed E-state index contributed by atoms with van der Waals surface area (Å²) in [6.45, 7) is 1.79. The third-order valence-corrected chi connectivity index (χ3v) is 4.43. The second-order valence-electron chi connectivity index (χ2n) is 3.87. The minimum absolute atomic E-state index is 0.230. The molecule has 1 aromatic carbocycles. The summed E-state index contributed by atoms with van der Waals surface area (Å²) >= 11 is 4.90. The lowest BCUT2D eigenvalue weighted by Crippen LogP contribution is -2.13. The van der Waals surface area contributed by atoms with Gasteiger partial charge >= 0.3 is 11.9 Å². The maximum atomic E-state index is 11.9. The van der Waals surface area contributed by atoms with Gasteiger partial charge in [0.15, 0.2) is 0 Å². The molecule has 1 aromatic heterocycles. The summed E-state index contributed by atoms with van der Waals surface area (Å²) in [6.07, 6.45) is 0. The number of methoxy groups -OCH3 is 2. The van der Waals surface area contributed by atoms with Crippen molar-refractivity contribution in [3.05, 3.63) is 32.6 Å². The van der Waals surface area contributed by atoms with Gasteiger partial charge in [-0.05, 0) is 45.9 Å². The Bertz CT molecular complexity index is 675. The number of hydrogen-bond acceptors (Lipinski definition) is 5. The van der Waals surface area contributed by atoms with E-state index in [1.165, 1.54) is 25.6 Å². The number of carbonyl (C=O) groups is 2. The first-order valence-corrected chi connectivity index (χ1v) is 6.99. The highest BCUT2D eigenvalue weighted by atomic mass is 79.9. The highest BCUT2D eigenvalue weighted by Crippen LogP contribution is 2.35. The number of aryl methyl sites for hydroxylation is 1. The van der Waals surface area contributed by atoms with Crippen molar-refractivity contribution >= 4 is 49.3 Å². The van der Waals surface area contributed by atoms with Gasteiger partial charge in [0.05, 0.1) is 29.1 Å². The Kier molecular flexibility index (Phi) is 3.91. The molecule has 0 aliphatic carbocycles. The van der Waals surface area contributed by atoms with Gasteiger partial charge in [-0.15, -0.1) is 11.3 Å². The van der Waals surface area contributed by atoms with E-state index < -0.39 is 11.9 Å². The second kappa shape index (κ2) is 5.30. The molecule has 0 unspecified atom stereocenters. The lowest BCUT2D eigenvalue weighted by Gasteiger charge is -2.10. The maximum absolute atomic E-state index is 11.9. The topological polar surface area (TPSA) is 52.6 Å². The molecule has 0 fully saturated rings. The maximum Gasteiger partial charge on any atom is 0.339 e. The smallest absolute Gasteiger partial charge is 0.339 e. The fraction of sp³-hybridized carbons (Fsp3) is 0.231. The summed E-state index contributed by atoms with van der Waals surface area (Å²) in [5.74, 6) is -1.09. The molecule has 0 aliphatic heterocycles. The Morgan fingerprint density at radius 2 is 1.79 bits per heavy atom. The van der Waals surface area contributed by atoms with Crippen molar-refractivity contribution in [1.82, 2.24) is 0 Å². The van der Waals surface area contributed by atoms with Gasteiger partial charge in [0.1, 0.15) is 0 Å². The number of ether oxygens (including phenoxy) is 2. The normalized spacial score (nSPS) is 10.5. The zero-order chi connectivity index (χ0) is 14.2. The summed E-state index contributed by atoms with van der Waals surface area (Å²) in [5.41, 5.74) is 1.20. The van der Waals surface area contributed by atoms with Crippen LogP contribution in [0.3, 0.4) is 0 Å². The van der Waals surface area contributed by atoms with Crippen LogP contribution in [0, 0.1) is 6.92 Å². The van der Waals surface area contributed by atoms with Crippen molar-refractivity contribution < 1.29 is 19.1 Å². The summed E-state index contributed by atoms with van der Waals surface area (Å²) < 4.78 is 11.3. The van der Waals surface area contributed by atoms with Crippen LogP contribution in [0.4, 0.5) is 0 Å². The number of rotatable bonds is 2. The molecule has 4 nitrogen and oxygen atoms in total. The molecule has 0 N–H and O–H groups in total. The van der Waals surface area contributed by atoms with Gasteiger partial charge in [-0.25, -0.2) is 9.59 Å². The fourth-order valence-electron chi connectivity index (χ4n) is 1.95. The molecule has 0 amide bonds. The van der Waals surface area contributed by atoms with Crippen LogP contribution in [0.25, 0.3) is 10.1 Å². The Morgan fingerprint density at radius 3 is 2.37 bits per heavy atom. The van der Waals surface area contributed by atoms with Crippen molar-refractivity contribution in [1.29, 1.82) is 0 Å². The van der Waals surface area contributed by atoms with Gasteiger partial charge in [-0.2, -0.15) is 0 Å². The highest BCUT2D eigenvalue weighted by molar-refractivity contribution is 9.11. The first-order valence-electron chi connectivity index (χ1n) is 5.38. The van der Waals surface area contributed by atoms with E-state index >= 15 is 0 Å². The van der Waals surface area contributed by atoms with Crippen LogP contribution in [0.5, 0.6) is 0 Å². The Labute approximate surface area is 122 Å². The van der Waals surface area contributed by atoms with E-state index in [0.717, 1.165) is 13.9 Å². The average Bonchev–Trinajstić information content (AvgIpc) is 2.77. The average molecular weight is 343 g/mol. The number of carbonyl (C=O) groups excluding carboxylic acids is 2. The molecule has 0 radical (unpaired) electrons. The third kappa shape index (κ3) is 2.37. The SMILES string of the molecule is COC(=O)c1cc2sc(Br)cc2c(C)c1C(=O)OC. The van der Waals surface area contributed by atoms with Crippen molar-refractivity contribution in [3.63, 3.8) is 0 Å². The molecule has 19 heavy (non-hydrogen) atoms. The number of hydrogen-bond donors (Lipinski definition) is 0. The Hall–Kier alpha value is -1.40. The highest BCUT2D eigenvalue weighted by Gasteiger charge is 2.23. The van der Waals surface area contributed by atoms with Crippen LogP contribution in [0.1, 0.15) is 26.3 Å². The number of thiophene rings is 1. The van der Waals surface area contributed by atoms with Gasteiger partial charge in [-0.3, -0.25) is 0 Å². The predicted molar refractivity (Wildman–Crippen MR) is 76.9 cm³/mol. The molecule has 2 aromatic rings. The Morgan fingerprint density at radius 1 is 1.16 bits per heavy atom. The molecule has 100 valence electrons. The molecular weight excluding hydrogens is 332 g/mol. The molecule has 0 saturated carbocycles. The van der Waals surface area contributed by atoms with Crippen LogP contribution < -0.4 is 0 Å². The quantitative estimate of drug-likeness (QED) is 0.783. The molecule has 2 rings (SSSR count). The van der Waals surface area contributed by atoms with Gasteiger partial charge in [0.2, 0.25) is 0 Å². The van der Waals surface area contributed by atoms with Gasteiger partial charge in [0.25, 0.3) is 0 Å². The van der Waals surface area contributed by atoms with Crippen molar-refractivity contribution in [2.24, 2.45) is 0 Å². The van der Waals surface area contributed by atoms with E-state index in [-0.39, 0.29) is 11.1 Å². The minimum Gasteiger partial charge on any atom is -0.465 e. The van der Waals surface area contributed by atoms with E-state index in [4.69, 9.17) is 9.47 Å². The fourth-order valence-corrected chi connectivity index (χ4v) is 3.59. The van der Waals surface area contributed by atoms with E-state index in [2.05, 4.69) is 15.9 Å². The van der Waals surface area contributed by atoms with Crippen LogP contribution in [-0.4, -0.2) is 26.2 Å². The molecule has 0 spiro atoms. The van der Waals surface area contributed by atoms with Crippen LogP contribution in [0.2, 0.25) is 0 Å². The standard InChI is InChI=1S/C13H11BrO4S/c1-6-7-5-10(14)19-9(7)4-8(12(15)17-2)11(6)13(16)18-3/h4-5H,1-3H3. The van der Waals surface area contributed by atoms with E-state index in [1.54, 1.807) is 13.0 Å². The minimum atomic E-state index is -0.546. The number of halogens is 1. The number of fused-ring (bicyclic) bond motifs is 1. The zero-order valence-corrected chi connectivity index (χ0v) is 13.0. The first kappa shape index (κ1) is 14.0. The molecule has 0 atom stereocenters. The molecule has 0 bridgehead atoms. The van der Waals surface area contributed by atoms with E-state index in [0.29, 0.717) is 5.56 Å². The summed E-state index contributed by atoms with van der Waals surface area (Å²) in [6, 6.07) is 3.58. The second-order valence-corrected chi connectivity index (χ2v) is 6.33. The molecule has 1 heterocycles. The number of benzene rings is 1. The van der Waals surface area contributed by atoms with Crippen LogP contribution >= 0.6 is 27.3 Å². The molecule has 0 aliphatic rings. The van der Waals surface area contributed by atoms with Crippen molar-refractivity contribution in [2.45, 2.75) is 6.92 Å². The number of esters is 2. The predicted octanol–water partition coefficient (Wildman–Crippen LogP) is 3.55. The summed E-state index contributed by atoms with van der Waals surface area (Å²) in [7, 11) is 2.57. The van der Waals surface area contributed by atoms with Crippen LogP contribution in [-0.2, 0) is 9.47 Å². The van der Waals surface area contributed by atoms with Crippen molar-refractivity contribution in [3.8, 4) is 0 Å². The van der Waals surface area contributed by atoms with Crippen LogP contribution in [0.15, 0.2) is 15.9 Å². The monoisotopic (exact) mass is 342 g/mol. The first-order chi connectivity index (χ1) is 8.99. The summed E-state index contributed by atoms with van der Waals surface area (Å²) in [5, 5.41) is 0.921. The van der Waals surface area contributed by atoms with E-state index in [1.807, 2.05) is 6.07 Å². The largest absolute Gasteiger partial charge is 0.465 e. The molecular formula is C13H11BrO4S. The third-order valence-electron chi connectivity index (χ3n) is 2.85. The van der Waals surface area contributed by atoms with Gasteiger partial charge < -0.3 is 9.47 Å². The Balaban J connectivity index is 2.83. The zero-order valence-electron chi connectivity index (χ0n) is 10.6. The van der Waals surface area contributed by atoms with Gasteiger partial charge in [0, 0.05) is 4.70 Å². The molecule has 6 heteroatoms. The van der Waals surface area contributed by atoms with E-state index in [9.17, 15) is 9.59 Å². The van der Waals surface area contributed by atoms with Crippen molar-refractivity contribution in [2.75, 3.05) is 14.2 Å².